The van der Waals surface area contributed by atoms with Crippen molar-refractivity contribution in [2.24, 2.45) is 0 Å². The fraction of sp³-hybridized carbons (Fsp3) is 0.263. The third-order valence-corrected chi connectivity index (χ3v) is 4.46. The van der Waals surface area contributed by atoms with Gasteiger partial charge in [-0.1, -0.05) is 6.07 Å². The highest BCUT2D eigenvalue weighted by Gasteiger charge is 2.31. The Labute approximate surface area is 156 Å². The summed E-state index contributed by atoms with van der Waals surface area (Å²) in [6, 6.07) is 11.8. The van der Waals surface area contributed by atoms with Gasteiger partial charge in [0, 0.05) is 36.5 Å². The van der Waals surface area contributed by atoms with E-state index in [-0.39, 0.29) is 31.2 Å². The SMILES string of the molecule is COc1cccc(N2CC(NC(=O)Nc3ccc4c(c3)OCO4)CC2=O)c1. The number of amides is 3. The highest BCUT2D eigenvalue weighted by Crippen LogP contribution is 2.34. The lowest BCUT2D eigenvalue weighted by atomic mass is 10.2. The standard InChI is InChI=1S/C19H19N3O5/c1-25-15-4-2-3-14(9-15)22-10-13(8-18(22)23)21-19(24)20-12-5-6-16-17(7-12)27-11-26-16/h2-7,9,13H,8,10-11H2,1H3,(H2,20,21,24). The van der Waals surface area contributed by atoms with Gasteiger partial charge in [0.2, 0.25) is 12.7 Å². The smallest absolute Gasteiger partial charge is 0.319 e. The minimum absolute atomic E-state index is 0.0448. The minimum atomic E-state index is -0.376. The molecule has 0 spiro atoms. The molecule has 1 unspecified atom stereocenters. The number of methoxy groups -OCH3 is 1. The summed E-state index contributed by atoms with van der Waals surface area (Å²) in [5.41, 5.74) is 1.34. The third-order valence-electron chi connectivity index (χ3n) is 4.46. The molecule has 0 saturated carbocycles. The van der Waals surface area contributed by atoms with Crippen LogP contribution in [0.5, 0.6) is 17.2 Å². The van der Waals surface area contributed by atoms with Crippen LogP contribution >= 0.6 is 0 Å². The van der Waals surface area contributed by atoms with E-state index in [0.29, 0.717) is 29.5 Å². The van der Waals surface area contributed by atoms with Crippen molar-refractivity contribution in [1.29, 1.82) is 0 Å². The van der Waals surface area contributed by atoms with Crippen LogP contribution < -0.4 is 29.7 Å². The van der Waals surface area contributed by atoms with E-state index in [9.17, 15) is 9.59 Å². The van der Waals surface area contributed by atoms with E-state index < -0.39 is 0 Å². The van der Waals surface area contributed by atoms with Crippen molar-refractivity contribution in [3.05, 3.63) is 42.5 Å². The molecule has 2 aromatic carbocycles. The van der Waals surface area contributed by atoms with Gasteiger partial charge in [-0.2, -0.15) is 0 Å². The Kier molecular flexibility index (Phi) is 4.45. The lowest BCUT2D eigenvalue weighted by Gasteiger charge is -2.18. The molecule has 0 bridgehead atoms. The molecule has 1 saturated heterocycles. The summed E-state index contributed by atoms with van der Waals surface area (Å²) in [6.45, 7) is 0.579. The third kappa shape index (κ3) is 3.59. The molecule has 8 heteroatoms. The molecule has 2 N–H and O–H groups in total. The highest BCUT2D eigenvalue weighted by molar-refractivity contribution is 5.97. The fourth-order valence-corrected chi connectivity index (χ4v) is 3.16. The van der Waals surface area contributed by atoms with Crippen LogP contribution in [0.4, 0.5) is 16.2 Å². The maximum atomic E-state index is 12.3. The van der Waals surface area contributed by atoms with Gasteiger partial charge in [-0.3, -0.25) is 4.79 Å². The van der Waals surface area contributed by atoms with Gasteiger partial charge in [0.1, 0.15) is 5.75 Å². The van der Waals surface area contributed by atoms with E-state index in [1.807, 2.05) is 18.2 Å². The quantitative estimate of drug-likeness (QED) is 0.864. The van der Waals surface area contributed by atoms with Gasteiger partial charge in [0.25, 0.3) is 0 Å². The van der Waals surface area contributed by atoms with Gasteiger partial charge in [0.05, 0.1) is 13.2 Å². The summed E-state index contributed by atoms with van der Waals surface area (Å²) in [4.78, 5) is 26.3. The predicted molar refractivity (Wildman–Crippen MR) is 98.5 cm³/mol. The van der Waals surface area contributed by atoms with Crippen LogP contribution in [0, 0.1) is 0 Å². The normalized spacial score (nSPS) is 17.7. The molecule has 1 atom stereocenters. The molecular formula is C19H19N3O5. The average Bonchev–Trinajstić information content (AvgIpc) is 3.27. The summed E-state index contributed by atoms with van der Waals surface area (Å²) in [6.07, 6.45) is 0.242. The van der Waals surface area contributed by atoms with Crippen LogP contribution in [0.15, 0.2) is 42.5 Å². The number of hydrogen-bond acceptors (Lipinski definition) is 5. The monoisotopic (exact) mass is 369 g/mol. The molecule has 140 valence electrons. The van der Waals surface area contributed by atoms with E-state index in [0.717, 1.165) is 5.69 Å². The number of hydrogen-bond donors (Lipinski definition) is 2. The highest BCUT2D eigenvalue weighted by atomic mass is 16.7. The van der Waals surface area contributed by atoms with Gasteiger partial charge < -0.3 is 29.7 Å². The molecule has 2 aliphatic heterocycles. The first-order valence-corrected chi connectivity index (χ1v) is 8.54. The van der Waals surface area contributed by atoms with E-state index in [2.05, 4.69) is 10.6 Å². The van der Waals surface area contributed by atoms with Gasteiger partial charge >= 0.3 is 6.03 Å². The van der Waals surface area contributed by atoms with Crippen LogP contribution in [0.3, 0.4) is 0 Å². The van der Waals surface area contributed by atoms with Crippen molar-refractivity contribution in [2.75, 3.05) is 30.7 Å². The van der Waals surface area contributed by atoms with Gasteiger partial charge in [-0.25, -0.2) is 4.79 Å². The molecule has 27 heavy (non-hydrogen) atoms. The number of nitrogens with one attached hydrogen (secondary N) is 2. The number of fused-ring (bicyclic) bond motifs is 1. The zero-order valence-corrected chi connectivity index (χ0v) is 14.7. The van der Waals surface area contributed by atoms with Crippen molar-refractivity contribution < 1.29 is 23.8 Å². The molecule has 2 aromatic rings. The van der Waals surface area contributed by atoms with Crippen LogP contribution in [-0.2, 0) is 4.79 Å². The zero-order valence-electron chi connectivity index (χ0n) is 14.7. The summed E-state index contributed by atoms with van der Waals surface area (Å²) in [7, 11) is 1.58. The molecule has 1 fully saturated rings. The second-order valence-corrected chi connectivity index (χ2v) is 6.27. The second-order valence-electron chi connectivity index (χ2n) is 6.27. The van der Waals surface area contributed by atoms with Gasteiger partial charge in [0.15, 0.2) is 11.5 Å². The summed E-state index contributed by atoms with van der Waals surface area (Å²) in [5.74, 6) is 1.87. The largest absolute Gasteiger partial charge is 0.497 e. The number of benzene rings is 2. The minimum Gasteiger partial charge on any atom is -0.497 e. The average molecular weight is 369 g/mol. The number of carbonyl (C=O) groups is 2. The molecular weight excluding hydrogens is 350 g/mol. The van der Waals surface area contributed by atoms with E-state index in [1.165, 1.54) is 0 Å². The van der Waals surface area contributed by atoms with Crippen molar-refractivity contribution in [3.63, 3.8) is 0 Å². The number of ether oxygens (including phenoxy) is 3. The Morgan fingerprint density at radius 2 is 2.04 bits per heavy atom. The van der Waals surface area contributed by atoms with E-state index in [1.54, 1.807) is 36.3 Å². The number of carbonyl (C=O) groups excluding carboxylic acids is 2. The summed E-state index contributed by atoms with van der Waals surface area (Å²) < 4.78 is 15.7. The van der Waals surface area contributed by atoms with Crippen molar-refractivity contribution in [3.8, 4) is 17.2 Å². The molecule has 8 nitrogen and oxygen atoms in total. The molecule has 3 amide bonds. The Hall–Kier alpha value is -3.42. The van der Waals surface area contributed by atoms with Gasteiger partial charge in [-0.05, 0) is 24.3 Å². The van der Waals surface area contributed by atoms with Crippen LogP contribution in [-0.4, -0.2) is 38.4 Å². The first-order chi connectivity index (χ1) is 13.1. The van der Waals surface area contributed by atoms with Crippen LogP contribution in [0.25, 0.3) is 0 Å². The van der Waals surface area contributed by atoms with Crippen molar-refractivity contribution in [2.45, 2.75) is 12.5 Å². The molecule has 2 heterocycles. The molecule has 0 radical (unpaired) electrons. The lowest BCUT2D eigenvalue weighted by molar-refractivity contribution is -0.117. The van der Waals surface area contributed by atoms with E-state index in [4.69, 9.17) is 14.2 Å². The fourth-order valence-electron chi connectivity index (χ4n) is 3.16. The molecule has 0 aromatic heterocycles. The van der Waals surface area contributed by atoms with E-state index >= 15 is 0 Å². The summed E-state index contributed by atoms with van der Waals surface area (Å²) in [5, 5.41) is 5.59. The number of nitrogens with zero attached hydrogens (tertiary/aromatic N) is 1. The van der Waals surface area contributed by atoms with Crippen molar-refractivity contribution >= 4 is 23.3 Å². The Morgan fingerprint density at radius 3 is 2.89 bits per heavy atom. The van der Waals surface area contributed by atoms with Gasteiger partial charge in [-0.15, -0.1) is 0 Å². The van der Waals surface area contributed by atoms with Crippen LogP contribution in [0.1, 0.15) is 6.42 Å². The lowest BCUT2D eigenvalue weighted by Crippen LogP contribution is -2.39. The first-order valence-electron chi connectivity index (χ1n) is 8.54. The van der Waals surface area contributed by atoms with Crippen LogP contribution in [0.2, 0.25) is 0 Å². The summed E-state index contributed by atoms with van der Waals surface area (Å²) >= 11 is 0. The zero-order chi connectivity index (χ0) is 18.8. The molecule has 0 aliphatic carbocycles. The Morgan fingerprint density at radius 1 is 1.19 bits per heavy atom. The maximum Gasteiger partial charge on any atom is 0.319 e. The molecule has 2 aliphatic rings. The van der Waals surface area contributed by atoms with Crippen molar-refractivity contribution in [1.82, 2.24) is 5.32 Å². The number of rotatable bonds is 4. The second kappa shape index (κ2) is 7.06. The maximum absolute atomic E-state index is 12.3. The predicted octanol–water partition coefficient (Wildman–Crippen LogP) is 2.35. The Bertz CT molecular complexity index is 885. The number of urea groups is 1. The molecule has 4 rings (SSSR count). The Balaban J connectivity index is 1.37. The number of anilines is 2. The topological polar surface area (TPSA) is 89.1 Å². The first kappa shape index (κ1) is 17.0.